The van der Waals surface area contributed by atoms with Gasteiger partial charge in [-0.25, -0.2) is 5.01 Å². The second-order valence-corrected chi connectivity index (χ2v) is 4.89. The van der Waals surface area contributed by atoms with Gasteiger partial charge >= 0.3 is 6.18 Å². The van der Waals surface area contributed by atoms with Gasteiger partial charge in [0.25, 0.3) is 0 Å². The smallest absolute Gasteiger partial charge is 0.405 e. The van der Waals surface area contributed by atoms with Crippen LogP contribution in [0.5, 0.6) is 5.75 Å². The van der Waals surface area contributed by atoms with Gasteiger partial charge in [-0.3, -0.25) is 10.2 Å². The minimum atomic E-state index is -4.39. The number of hydrogen-bond acceptors (Lipinski definition) is 3. The number of nitrogens with one attached hydrogen (secondary N) is 1. The van der Waals surface area contributed by atoms with Gasteiger partial charge in [0.1, 0.15) is 11.8 Å². The lowest BCUT2D eigenvalue weighted by atomic mass is 10.0. The highest BCUT2D eigenvalue weighted by Gasteiger charge is 2.45. The Balaban J connectivity index is 2.07. The average Bonchev–Trinajstić information content (AvgIpc) is 2.84. The molecule has 0 spiro atoms. The Morgan fingerprint density at radius 3 is 2.67 bits per heavy atom. The summed E-state index contributed by atoms with van der Waals surface area (Å²) < 4.78 is 44.6. The van der Waals surface area contributed by atoms with Crippen LogP contribution in [0.4, 0.5) is 13.2 Å². The van der Waals surface area contributed by atoms with Crippen molar-refractivity contribution in [3.05, 3.63) is 29.8 Å². The molecule has 4 nitrogen and oxygen atoms in total. The van der Waals surface area contributed by atoms with Gasteiger partial charge in [-0.2, -0.15) is 13.2 Å². The van der Waals surface area contributed by atoms with Crippen molar-refractivity contribution in [1.29, 1.82) is 0 Å². The number of methoxy groups -OCH3 is 1. The van der Waals surface area contributed by atoms with Crippen LogP contribution in [0.15, 0.2) is 24.3 Å². The van der Waals surface area contributed by atoms with Crippen LogP contribution in [-0.2, 0) is 11.2 Å². The fourth-order valence-electron chi connectivity index (χ4n) is 2.43. The Morgan fingerprint density at radius 2 is 2.10 bits per heavy atom. The summed E-state index contributed by atoms with van der Waals surface area (Å²) >= 11 is 0. The molecule has 1 saturated heterocycles. The molecule has 1 atom stereocenters. The fourth-order valence-corrected chi connectivity index (χ4v) is 2.43. The number of aryl methyl sites for hydroxylation is 1. The number of rotatable bonds is 5. The number of carbonyl (C=O) groups is 1. The molecular weight excluding hydrogens is 285 g/mol. The topological polar surface area (TPSA) is 41.6 Å². The number of para-hydroxylation sites is 1. The van der Waals surface area contributed by atoms with Crippen molar-refractivity contribution in [2.45, 2.75) is 31.5 Å². The maximum atomic E-state index is 13.2. The van der Waals surface area contributed by atoms with Gasteiger partial charge in [-0.15, -0.1) is 0 Å². The summed E-state index contributed by atoms with van der Waals surface area (Å²) in [6, 6.07) is 5.31. The Bertz CT molecular complexity index is 505. The zero-order valence-electron chi connectivity index (χ0n) is 11.6. The Labute approximate surface area is 120 Å². The molecule has 1 aliphatic rings. The summed E-state index contributed by atoms with van der Waals surface area (Å²) in [7, 11) is 1.49. The first kappa shape index (κ1) is 15.6. The van der Waals surface area contributed by atoms with Crippen LogP contribution in [0.3, 0.4) is 0 Å². The lowest BCUT2D eigenvalue weighted by Gasteiger charge is -2.29. The molecule has 1 unspecified atom stereocenters. The fraction of sp³-hybridized carbons (Fsp3) is 0.500. The number of ether oxygens (including phenoxy) is 1. The van der Waals surface area contributed by atoms with Crippen LogP contribution in [0.2, 0.25) is 0 Å². The minimum Gasteiger partial charge on any atom is -0.496 e. The van der Waals surface area contributed by atoms with Crippen LogP contribution in [-0.4, -0.2) is 36.8 Å². The molecule has 1 amide bonds. The molecular formula is C14H17F3N2O2. The lowest BCUT2D eigenvalue weighted by molar-refractivity contribution is -0.189. The number of carbonyl (C=O) groups excluding carboxylic acids is 1. The van der Waals surface area contributed by atoms with E-state index in [0.29, 0.717) is 5.75 Å². The van der Waals surface area contributed by atoms with E-state index >= 15 is 0 Å². The predicted molar refractivity (Wildman–Crippen MR) is 70.6 cm³/mol. The summed E-state index contributed by atoms with van der Waals surface area (Å²) in [5.74, 6) is 0.199. The van der Waals surface area contributed by atoms with Crippen molar-refractivity contribution >= 4 is 5.91 Å². The normalized spacial score (nSPS) is 17.6. The second-order valence-electron chi connectivity index (χ2n) is 4.89. The molecule has 0 saturated carbocycles. The Kier molecular flexibility index (Phi) is 4.72. The summed E-state index contributed by atoms with van der Waals surface area (Å²) in [6.45, 7) is 0.0783. The summed E-state index contributed by atoms with van der Waals surface area (Å²) in [5.41, 5.74) is 2.99. The van der Waals surface area contributed by atoms with E-state index in [4.69, 9.17) is 4.74 Å². The van der Waals surface area contributed by atoms with Crippen LogP contribution in [0.1, 0.15) is 18.4 Å². The zero-order valence-corrected chi connectivity index (χ0v) is 11.6. The predicted octanol–water partition coefficient (Wildman–Crippen LogP) is 2.30. The van der Waals surface area contributed by atoms with E-state index in [2.05, 4.69) is 5.43 Å². The highest BCUT2D eigenvalue weighted by atomic mass is 19.4. The zero-order chi connectivity index (χ0) is 15.5. The van der Waals surface area contributed by atoms with Crippen LogP contribution in [0.25, 0.3) is 0 Å². The number of nitrogens with zero attached hydrogens (tertiary/aromatic N) is 1. The molecule has 0 aliphatic carbocycles. The van der Waals surface area contributed by atoms with Crippen molar-refractivity contribution in [2.75, 3.05) is 13.7 Å². The summed E-state index contributed by atoms with van der Waals surface area (Å²) in [5, 5.41) is 0.984. The minimum absolute atomic E-state index is 0.0783. The Morgan fingerprint density at radius 1 is 1.38 bits per heavy atom. The van der Waals surface area contributed by atoms with Gasteiger partial charge in [-0.05, 0) is 24.5 Å². The third kappa shape index (κ3) is 3.87. The highest BCUT2D eigenvalue weighted by molar-refractivity contribution is 5.77. The molecule has 116 valence electrons. The number of halogens is 3. The van der Waals surface area contributed by atoms with Crippen molar-refractivity contribution in [3.8, 4) is 5.75 Å². The molecule has 1 aromatic carbocycles. The maximum Gasteiger partial charge on any atom is 0.405 e. The summed E-state index contributed by atoms with van der Waals surface area (Å²) in [4.78, 5) is 11.1. The van der Waals surface area contributed by atoms with Gasteiger partial charge < -0.3 is 4.74 Å². The first-order chi connectivity index (χ1) is 9.91. The van der Waals surface area contributed by atoms with Crippen molar-refractivity contribution in [2.24, 2.45) is 0 Å². The number of hydrogen-bond donors (Lipinski definition) is 1. The quantitative estimate of drug-likeness (QED) is 0.907. The van der Waals surface area contributed by atoms with Gasteiger partial charge in [0, 0.05) is 13.0 Å². The lowest BCUT2D eigenvalue weighted by Crippen LogP contribution is -2.50. The van der Waals surface area contributed by atoms with E-state index in [1.807, 2.05) is 0 Å². The summed E-state index contributed by atoms with van der Waals surface area (Å²) in [6.07, 6.45) is -4.20. The van der Waals surface area contributed by atoms with Crippen LogP contribution in [0, 0.1) is 0 Å². The first-order valence-electron chi connectivity index (χ1n) is 6.66. The van der Waals surface area contributed by atoms with Crippen molar-refractivity contribution in [3.63, 3.8) is 0 Å². The molecule has 0 aromatic heterocycles. The van der Waals surface area contributed by atoms with E-state index < -0.39 is 12.2 Å². The number of hydrazine groups is 1. The van der Waals surface area contributed by atoms with E-state index in [-0.39, 0.29) is 31.7 Å². The SMILES string of the molecule is COc1ccccc1CCC(N1CCC(=O)N1)C(F)(F)F. The first-order valence-corrected chi connectivity index (χ1v) is 6.66. The largest absolute Gasteiger partial charge is 0.496 e. The van der Waals surface area contributed by atoms with Crippen LogP contribution < -0.4 is 10.2 Å². The van der Waals surface area contributed by atoms with Crippen molar-refractivity contribution < 1.29 is 22.7 Å². The molecule has 1 fully saturated rings. The molecule has 1 aliphatic heterocycles. The van der Waals surface area contributed by atoms with Crippen molar-refractivity contribution in [1.82, 2.24) is 10.4 Å². The third-order valence-corrected chi connectivity index (χ3v) is 3.48. The van der Waals surface area contributed by atoms with Crippen LogP contribution >= 0.6 is 0 Å². The number of amides is 1. The number of benzene rings is 1. The van der Waals surface area contributed by atoms with Gasteiger partial charge in [-0.1, -0.05) is 18.2 Å². The van der Waals surface area contributed by atoms with Gasteiger partial charge in [0.2, 0.25) is 5.91 Å². The number of alkyl halides is 3. The molecule has 1 aromatic rings. The third-order valence-electron chi connectivity index (χ3n) is 3.48. The molecule has 2 rings (SSSR count). The van der Waals surface area contributed by atoms with E-state index in [1.54, 1.807) is 24.3 Å². The molecule has 1 heterocycles. The highest BCUT2D eigenvalue weighted by Crippen LogP contribution is 2.30. The molecule has 21 heavy (non-hydrogen) atoms. The van der Waals surface area contributed by atoms with Gasteiger partial charge in [0.05, 0.1) is 7.11 Å². The second kappa shape index (κ2) is 6.34. The average molecular weight is 302 g/mol. The molecule has 0 radical (unpaired) electrons. The Hall–Kier alpha value is -1.76. The van der Waals surface area contributed by atoms with E-state index in [0.717, 1.165) is 10.6 Å². The van der Waals surface area contributed by atoms with E-state index in [1.165, 1.54) is 7.11 Å². The monoisotopic (exact) mass is 302 g/mol. The molecule has 1 N–H and O–H groups in total. The molecule has 7 heteroatoms. The van der Waals surface area contributed by atoms with E-state index in [9.17, 15) is 18.0 Å². The maximum absolute atomic E-state index is 13.2. The standard InChI is InChI=1S/C14H17F3N2O2/c1-21-11-5-3-2-4-10(11)6-7-12(14(15,16)17)19-9-8-13(20)18-19/h2-5,12H,6-9H2,1H3,(H,18,20). The van der Waals surface area contributed by atoms with Gasteiger partial charge in [0.15, 0.2) is 0 Å². The molecule has 0 bridgehead atoms.